The molecule has 0 bridgehead atoms. The van der Waals surface area contributed by atoms with Crippen molar-refractivity contribution in [1.29, 1.82) is 0 Å². The van der Waals surface area contributed by atoms with Gasteiger partial charge in [-0.25, -0.2) is 0 Å². The minimum Gasteiger partial charge on any atom is -0.484 e. The average molecular weight is 248 g/mol. The molecule has 1 aliphatic rings. The van der Waals surface area contributed by atoms with Gasteiger partial charge < -0.3 is 15.0 Å². The summed E-state index contributed by atoms with van der Waals surface area (Å²) in [6.07, 6.45) is 1.00. The van der Waals surface area contributed by atoms with Crippen LogP contribution in [0.4, 0.5) is 0 Å². The highest BCUT2D eigenvalue weighted by Gasteiger charge is 2.19. The van der Waals surface area contributed by atoms with Gasteiger partial charge in [0.2, 0.25) is 0 Å². The lowest BCUT2D eigenvalue weighted by Gasteiger charge is -2.22. The van der Waals surface area contributed by atoms with Gasteiger partial charge in [0.05, 0.1) is 0 Å². The minimum absolute atomic E-state index is 0.0643. The zero-order chi connectivity index (χ0) is 12.8. The van der Waals surface area contributed by atoms with Crippen molar-refractivity contribution in [1.82, 2.24) is 10.2 Å². The fraction of sp³-hybridized carbons (Fsp3) is 0.500. The number of amides is 1. The normalized spacial score (nSPS) is 20.3. The van der Waals surface area contributed by atoms with Crippen LogP contribution >= 0.6 is 0 Å². The van der Waals surface area contributed by atoms with Gasteiger partial charge in [0.25, 0.3) is 5.91 Å². The van der Waals surface area contributed by atoms with Crippen LogP contribution in [0.25, 0.3) is 0 Å². The Morgan fingerprint density at radius 2 is 2.22 bits per heavy atom. The third kappa shape index (κ3) is 3.74. The second-order valence-electron chi connectivity index (χ2n) is 4.65. The molecule has 0 saturated carbocycles. The summed E-state index contributed by atoms with van der Waals surface area (Å²) in [6.45, 7) is 4.77. The average Bonchev–Trinajstić information content (AvgIpc) is 2.62. The Hall–Kier alpha value is -1.55. The fourth-order valence-corrected chi connectivity index (χ4v) is 2.08. The first kappa shape index (κ1) is 12.9. The maximum atomic E-state index is 12.0. The lowest BCUT2D eigenvalue weighted by molar-refractivity contribution is -0.133. The SMILES string of the molecule is CC1CN(C(=O)COc2ccccc2)CCCN1. The molecule has 0 aromatic heterocycles. The van der Waals surface area contributed by atoms with Crippen LogP contribution in [-0.2, 0) is 4.79 Å². The zero-order valence-corrected chi connectivity index (χ0v) is 10.8. The van der Waals surface area contributed by atoms with Gasteiger partial charge in [-0.05, 0) is 32.0 Å². The molecule has 1 aromatic rings. The van der Waals surface area contributed by atoms with E-state index >= 15 is 0 Å². The Kier molecular flexibility index (Phi) is 4.59. The summed E-state index contributed by atoms with van der Waals surface area (Å²) in [5.41, 5.74) is 0. The van der Waals surface area contributed by atoms with Crippen LogP contribution in [0, 0.1) is 0 Å². The summed E-state index contributed by atoms with van der Waals surface area (Å²) in [7, 11) is 0. The summed E-state index contributed by atoms with van der Waals surface area (Å²) in [5.74, 6) is 0.807. The summed E-state index contributed by atoms with van der Waals surface area (Å²) in [5, 5.41) is 3.37. The van der Waals surface area contributed by atoms with Crippen molar-refractivity contribution in [3.8, 4) is 5.75 Å². The highest BCUT2D eigenvalue weighted by Crippen LogP contribution is 2.09. The predicted molar refractivity (Wildman–Crippen MR) is 70.6 cm³/mol. The van der Waals surface area contributed by atoms with E-state index in [1.807, 2.05) is 35.2 Å². The monoisotopic (exact) mass is 248 g/mol. The molecular formula is C14H20N2O2. The molecule has 1 amide bonds. The van der Waals surface area contributed by atoms with E-state index in [4.69, 9.17) is 4.74 Å². The number of ether oxygens (including phenoxy) is 1. The lowest BCUT2D eigenvalue weighted by Crippen LogP contribution is -2.41. The number of para-hydroxylation sites is 1. The van der Waals surface area contributed by atoms with Crippen molar-refractivity contribution in [2.24, 2.45) is 0 Å². The Balaban J connectivity index is 1.83. The molecule has 18 heavy (non-hydrogen) atoms. The molecule has 1 fully saturated rings. The van der Waals surface area contributed by atoms with Gasteiger partial charge in [0.15, 0.2) is 6.61 Å². The van der Waals surface area contributed by atoms with E-state index in [2.05, 4.69) is 12.2 Å². The summed E-state index contributed by atoms with van der Waals surface area (Å²) < 4.78 is 5.49. The number of nitrogens with zero attached hydrogens (tertiary/aromatic N) is 1. The van der Waals surface area contributed by atoms with Crippen molar-refractivity contribution in [2.45, 2.75) is 19.4 Å². The molecule has 0 radical (unpaired) electrons. The van der Waals surface area contributed by atoms with Gasteiger partial charge in [0, 0.05) is 19.1 Å². The largest absolute Gasteiger partial charge is 0.484 e. The van der Waals surface area contributed by atoms with Crippen molar-refractivity contribution in [3.63, 3.8) is 0 Å². The van der Waals surface area contributed by atoms with Gasteiger partial charge >= 0.3 is 0 Å². The van der Waals surface area contributed by atoms with Crippen LogP contribution in [0.2, 0.25) is 0 Å². The third-order valence-corrected chi connectivity index (χ3v) is 3.05. The third-order valence-electron chi connectivity index (χ3n) is 3.05. The van der Waals surface area contributed by atoms with Crippen LogP contribution in [0.5, 0.6) is 5.75 Å². The topological polar surface area (TPSA) is 41.6 Å². The number of rotatable bonds is 3. The fourth-order valence-electron chi connectivity index (χ4n) is 2.08. The molecule has 2 rings (SSSR count). The molecule has 1 unspecified atom stereocenters. The van der Waals surface area contributed by atoms with Gasteiger partial charge in [0.1, 0.15) is 5.75 Å². The summed E-state index contributed by atoms with van der Waals surface area (Å²) >= 11 is 0. The zero-order valence-electron chi connectivity index (χ0n) is 10.8. The lowest BCUT2D eigenvalue weighted by atomic mass is 10.3. The van der Waals surface area contributed by atoms with E-state index in [0.29, 0.717) is 6.04 Å². The standard InChI is InChI=1S/C14H20N2O2/c1-12-10-16(9-5-8-15-12)14(17)11-18-13-6-3-2-4-7-13/h2-4,6-7,12,15H,5,8-11H2,1H3. The van der Waals surface area contributed by atoms with E-state index in [9.17, 15) is 4.79 Å². The maximum Gasteiger partial charge on any atom is 0.260 e. The summed E-state index contributed by atoms with van der Waals surface area (Å²) in [4.78, 5) is 13.9. The predicted octanol–water partition coefficient (Wildman–Crippen LogP) is 1.28. The van der Waals surface area contributed by atoms with Crippen LogP contribution in [-0.4, -0.2) is 43.1 Å². The molecule has 0 aliphatic carbocycles. The second-order valence-corrected chi connectivity index (χ2v) is 4.65. The number of hydrogen-bond donors (Lipinski definition) is 1. The van der Waals surface area contributed by atoms with E-state index < -0.39 is 0 Å². The first-order chi connectivity index (χ1) is 8.75. The first-order valence-electron chi connectivity index (χ1n) is 6.45. The van der Waals surface area contributed by atoms with Gasteiger partial charge in [-0.3, -0.25) is 4.79 Å². The van der Waals surface area contributed by atoms with E-state index in [-0.39, 0.29) is 12.5 Å². The minimum atomic E-state index is 0.0643. The Labute approximate surface area is 108 Å². The number of carbonyl (C=O) groups excluding carboxylic acids is 1. The molecular weight excluding hydrogens is 228 g/mol. The summed E-state index contributed by atoms with van der Waals surface area (Å²) in [6, 6.07) is 9.81. The molecule has 1 N–H and O–H groups in total. The van der Waals surface area contributed by atoms with Crippen molar-refractivity contribution in [3.05, 3.63) is 30.3 Å². The Bertz CT molecular complexity index is 381. The molecule has 1 heterocycles. The van der Waals surface area contributed by atoms with E-state index in [0.717, 1.165) is 31.8 Å². The van der Waals surface area contributed by atoms with Crippen molar-refractivity contribution in [2.75, 3.05) is 26.2 Å². The van der Waals surface area contributed by atoms with Gasteiger partial charge in [-0.15, -0.1) is 0 Å². The van der Waals surface area contributed by atoms with Gasteiger partial charge in [-0.2, -0.15) is 0 Å². The van der Waals surface area contributed by atoms with Crippen LogP contribution in [0.1, 0.15) is 13.3 Å². The molecule has 1 atom stereocenters. The van der Waals surface area contributed by atoms with Crippen LogP contribution in [0.15, 0.2) is 30.3 Å². The van der Waals surface area contributed by atoms with Crippen molar-refractivity contribution < 1.29 is 9.53 Å². The van der Waals surface area contributed by atoms with Gasteiger partial charge in [-0.1, -0.05) is 18.2 Å². The molecule has 0 spiro atoms. The van der Waals surface area contributed by atoms with Crippen LogP contribution < -0.4 is 10.1 Å². The molecule has 1 aromatic carbocycles. The van der Waals surface area contributed by atoms with E-state index in [1.54, 1.807) is 0 Å². The number of benzene rings is 1. The molecule has 1 saturated heterocycles. The Morgan fingerprint density at radius 3 is 3.00 bits per heavy atom. The maximum absolute atomic E-state index is 12.0. The quantitative estimate of drug-likeness (QED) is 0.876. The molecule has 1 aliphatic heterocycles. The Morgan fingerprint density at radius 1 is 1.44 bits per heavy atom. The van der Waals surface area contributed by atoms with E-state index in [1.165, 1.54) is 0 Å². The second kappa shape index (κ2) is 6.40. The first-order valence-corrected chi connectivity index (χ1v) is 6.45. The molecule has 98 valence electrons. The smallest absolute Gasteiger partial charge is 0.260 e. The number of nitrogens with one attached hydrogen (secondary N) is 1. The molecule has 4 nitrogen and oxygen atoms in total. The van der Waals surface area contributed by atoms with Crippen molar-refractivity contribution >= 4 is 5.91 Å². The number of carbonyl (C=O) groups is 1. The van der Waals surface area contributed by atoms with Crippen LogP contribution in [0.3, 0.4) is 0 Å². The highest BCUT2D eigenvalue weighted by atomic mass is 16.5. The number of hydrogen-bond acceptors (Lipinski definition) is 3. The molecule has 4 heteroatoms. The highest BCUT2D eigenvalue weighted by molar-refractivity contribution is 5.77.